The van der Waals surface area contributed by atoms with E-state index >= 15 is 0 Å². The number of imide groups is 1. The van der Waals surface area contributed by atoms with Crippen molar-refractivity contribution in [3.8, 4) is 0 Å². The molecule has 7 heteroatoms. The maximum Gasteiger partial charge on any atom is 0.417 e. The summed E-state index contributed by atoms with van der Waals surface area (Å²) in [6.45, 7) is 7.85. The molecule has 0 aromatic rings. The van der Waals surface area contributed by atoms with E-state index in [4.69, 9.17) is 9.47 Å². The Balaban J connectivity index is 2.13. The summed E-state index contributed by atoms with van der Waals surface area (Å²) in [5.74, 6) is -0.537. The van der Waals surface area contributed by atoms with Crippen LogP contribution < -0.4 is 0 Å². The van der Waals surface area contributed by atoms with Crippen LogP contribution in [0.2, 0.25) is 0 Å². The highest BCUT2D eigenvalue weighted by atomic mass is 16.6. The van der Waals surface area contributed by atoms with Crippen LogP contribution in [-0.2, 0) is 19.1 Å². The molecule has 7 nitrogen and oxygen atoms in total. The van der Waals surface area contributed by atoms with E-state index < -0.39 is 11.7 Å². The molecule has 0 bridgehead atoms. The van der Waals surface area contributed by atoms with Gasteiger partial charge in [0.15, 0.2) is 0 Å². The smallest absolute Gasteiger partial charge is 0.417 e. The van der Waals surface area contributed by atoms with Gasteiger partial charge in [0, 0.05) is 12.5 Å². The molecule has 2 rings (SSSR count). The highest BCUT2D eigenvalue weighted by Gasteiger charge is 2.48. The maximum atomic E-state index is 12.3. The third-order valence-electron chi connectivity index (χ3n) is 4.40. The van der Waals surface area contributed by atoms with E-state index in [0.717, 1.165) is 19.4 Å². The second-order valence-electron chi connectivity index (χ2n) is 7.18. The van der Waals surface area contributed by atoms with Crippen LogP contribution in [0.1, 0.15) is 47.0 Å². The second-order valence-corrected chi connectivity index (χ2v) is 7.18. The molecule has 0 aromatic carbocycles. The molecule has 130 valence electrons. The highest BCUT2D eigenvalue weighted by molar-refractivity contribution is 5.95. The van der Waals surface area contributed by atoms with Gasteiger partial charge in [0.25, 0.3) is 0 Å². The summed E-state index contributed by atoms with van der Waals surface area (Å²) in [6, 6.07) is -0.844. The van der Waals surface area contributed by atoms with Gasteiger partial charge in [-0.15, -0.1) is 0 Å². The van der Waals surface area contributed by atoms with Crippen molar-refractivity contribution >= 4 is 18.0 Å². The van der Waals surface area contributed by atoms with E-state index in [1.54, 1.807) is 20.8 Å². The number of carbonyl (C=O) groups is 3. The van der Waals surface area contributed by atoms with Gasteiger partial charge in [0.2, 0.25) is 5.91 Å². The first-order valence-electron chi connectivity index (χ1n) is 8.04. The Labute approximate surface area is 136 Å². The summed E-state index contributed by atoms with van der Waals surface area (Å²) in [6.07, 6.45) is 1.19. The molecular weight excluding hydrogens is 300 g/mol. The quantitative estimate of drug-likeness (QED) is 0.717. The van der Waals surface area contributed by atoms with Crippen LogP contribution in [0.5, 0.6) is 0 Å². The monoisotopic (exact) mass is 326 g/mol. The van der Waals surface area contributed by atoms with Crippen LogP contribution in [-0.4, -0.2) is 65.2 Å². The van der Waals surface area contributed by atoms with Crippen molar-refractivity contribution in [2.24, 2.45) is 0 Å². The average molecular weight is 326 g/mol. The molecule has 2 aliphatic rings. The van der Waals surface area contributed by atoms with Gasteiger partial charge in [-0.25, -0.2) is 9.69 Å². The molecular formula is C16H26N2O5. The number of likely N-dealkylation sites (tertiary alicyclic amines) is 2. The van der Waals surface area contributed by atoms with E-state index in [9.17, 15) is 14.4 Å². The number of nitrogens with zero attached hydrogens (tertiary/aromatic N) is 2. The zero-order valence-corrected chi connectivity index (χ0v) is 14.5. The number of hydrogen-bond acceptors (Lipinski definition) is 6. The number of carbonyl (C=O) groups excluding carboxylic acids is 3. The Bertz CT molecular complexity index is 499. The number of hydrogen-bond donors (Lipinski definition) is 0. The van der Waals surface area contributed by atoms with Gasteiger partial charge in [0.1, 0.15) is 11.6 Å². The minimum Gasteiger partial charge on any atom is -0.468 e. The molecule has 2 heterocycles. The minimum atomic E-state index is -0.655. The first-order valence-corrected chi connectivity index (χ1v) is 8.04. The molecule has 0 aromatic heterocycles. The van der Waals surface area contributed by atoms with Crippen LogP contribution in [0, 0.1) is 0 Å². The summed E-state index contributed by atoms with van der Waals surface area (Å²) in [5.41, 5.74) is -0.655. The topological polar surface area (TPSA) is 76.2 Å². The van der Waals surface area contributed by atoms with Crippen LogP contribution in [0.15, 0.2) is 0 Å². The van der Waals surface area contributed by atoms with Crippen LogP contribution in [0.25, 0.3) is 0 Å². The Kier molecular flexibility index (Phi) is 4.98. The molecule has 0 radical (unpaired) electrons. The fraction of sp³-hybridized carbons (Fsp3) is 0.812. The first-order chi connectivity index (χ1) is 10.7. The predicted octanol–water partition coefficient (Wildman–Crippen LogP) is 1.55. The fourth-order valence-electron chi connectivity index (χ4n) is 3.40. The van der Waals surface area contributed by atoms with E-state index in [1.807, 2.05) is 11.8 Å². The van der Waals surface area contributed by atoms with Crippen molar-refractivity contribution in [1.29, 1.82) is 0 Å². The van der Waals surface area contributed by atoms with Crippen molar-refractivity contribution < 1.29 is 23.9 Å². The van der Waals surface area contributed by atoms with Crippen molar-refractivity contribution in [2.75, 3.05) is 13.7 Å². The van der Waals surface area contributed by atoms with Gasteiger partial charge in [-0.1, -0.05) is 0 Å². The Morgan fingerprint density at radius 2 is 1.91 bits per heavy atom. The molecule has 2 saturated heterocycles. The summed E-state index contributed by atoms with van der Waals surface area (Å²) in [5, 5.41) is 0. The summed E-state index contributed by atoms with van der Waals surface area (Å²) in [4.78, 5) is 39.7. The summed E-state index contributed by atoms with van der Waals surface area (Å²) < 4.78 is 10.2. The summed E-state index contributed by atoms with van der Waals surface area (Å²) >= 11 is 0. The van der Waals surface area contributed by atoms with Gasteiger partial charge in [-0.3, -0.25) is 14.5 Å². The molecule has 0 aliphatic carbocycles. The van der Waals surface area contributed by atoms with Gasteiger partial charge in [-0.2, -0.15) is 0 Å². The summed E-state index contributed by atoms with van der Waals surface area (Å²) in [7, 11) is 1.37. The van der Waals surface area contributed by atoms with E-state index in [1.165, 1.54) is 12.0 Å². The second kappa shape index (κ2) is 6.47. The third-order valence-corrected chi connectivity index (χ3v) is 4.40. The zero-order chi connectivity index (χ0) is 17.4. The first kappa shape index (κ1) is 17.7. The normalized spacial score (nSPS) is 29.0. The molecule has 2 fully saturated rings. The SMILES string of the molecule is COC(=O)[C@@H]1CCCN1C1CC(=O)N(C(=O)OC(C)(C)C)[C@H]1C. The number of rotatable bonds is 2. The Morgan fingerprint density at radius 1 is 1.26 bits per heavy atom. The highest BCUT2D eigenvalue weighted by Crippen LogP contribution is 2.31. The predicted molar refractivity (Wildman–Crippen MR) is 82.7 cm³/mol. The molecule has 3 atom stereocenters. The zero-order valence-electron chi connectivity index (χ0n) is 14.5. The van der Waals surface area contributed by atoms with Gasteiger partial charge in [-0.05, 0) is 47.1 Å². The minimum absolute atomic E-state index is 0.179. The average Bonchev–Trinajstić information content (AvgIpc) is 3.00. The standard InChI is InChI=1S/C16H26N2O5/c1-10-12(17-8-6-7-11(17)14(20)22-5)9-13(19)18(10)15(21)23-16(2,3)4/h10-12H,6-9H2,1-5H3/t10-,11-,12?/m0/s1. The van der Waals surface area contributed by atoms with Gasteiger partial charge < -0.3 is 9.47 Å². The number of methoxy groups -OCH3 is 1. The molecule has 2 amide bonds. The Hall–Kier alpha value is -1.63. The van der Waals surface area contributed by atoms with Crippen LogP contribution in [0.3, 0.4) is 0 Å². The number of esters is 1. The van der Waals surface area contributed by atoms with E-state index in [2.05, 4.69) is 0 Å². The lowest BCUT2D eigenvalue weighted by Gasteiger charge is -2.33. The van der Waals surface area contributed by atoms with Crippen LogP contribution in [0.4, 0.5) is 4.79 Å². The van der Waals surface area contributed by atoms with Crippen molar-refractivity contribution in [3.63, 3.8) is 0 Å². The molecule has 2 aliphatic heterocycles. The number of ether oxygens (including phenoxy) is 2. The van der Waals surface area contributed by atoms with Gasteiger partial charge in [0.05, 0.1) is 13.2 Å². The molecule has 23 heavy (non-hydrogen) atoms. The molecule has 0 N–H and O–H groups in total. The fourth-order valence-corrected chi connectivity index (χ4v) is 3.40. The Morgan fingerprint density at radius 3 is 2.48 bits per heavy atom. The van der Waals surface area contributed by atoms with E-state index in [0.29, 0.717) is 0 Å². The van der Waals surface area contributed by atoms with Crippen LogP contribution >= 0.6 is 0 Å². The van der Waals surface area contributed by atoms with Crippen molar-refractivity contribution in [3.05, 3.63) is 0 Å². The lowest BCUT2D eigenvalue weighted by atomic mass is 10.1. The lowest BCUT2D eigenvalue weighted by molar-refractivity contribution is -0.146. The lowest BCUT2D eigenvalue weighted by Crippen LogP contribution is -2.50. The van der Waals surface area contributed by atoms with Gasteiger partial charge >= 0.3 is 12.1 Å². The maximum absolute atomic E-state index is 12.3. The number of amides is 2. The third kappa shape index (κ3) is 3.65. The van der Waals surface area contributed by atoms with E-state index in [-0.39, 0.29) is 36.4 Å². The molecule has 0 saturated carbocycles. The van der Waals surface area contributed by atoms with Crippen molar-refractivity contribution in [2.45, 2.75) is 70.7 Å². The molecule has 0 spiro atoms. The van der Waals surface area contributed by atoms with Crippen molar-refractivity contribution in [1.82, 2.24) is 9.80 Å². The largest absolute Gasteiger partial charge is 0.468 e. The molecule has 1 unspecified atom stereocenters.